The van der Waals surface area contributed by atoms with Gasteiger partial charge in [-0.2, -0.15) is 0 Å². The molecule has 0 aromatic heterocycles. The van der Waals surface area contributed by atoms with Crippen molar-refractivity contribution in [2.45, 2.75) is 26.2 Å². The summed E-state index contributed by atoms with van der Waals surface area (Å²) >= 11 is 0. The molecular weight excluding hydrogens is 156 g/mol. The summed E-state index contributed by atoms with van der Waals surface area (Å²) in [6, 6.07) is 0. The second-order valence-corrected chi connectivity index (χ2v) is 3.21. The Morgan fingerprint density at radius 2 is 2.17 bits per heavy atom. The summed E-state index contributed by atoms with van der Waals surface area (Å²) in [5.41, 5.74) is 1.29. The lowest BCUT2D eigenvalue weighted by Crippen LogP contribution is -2.09. The van der Waals surface area contributed by atoms with Crippen molar-refractivity contribution in [2.75, 3.05) is 0 Å². The van der Waals surface area contributed by atoms with Crippen molar-refractivity contribution < 1.29 is 14.3 Å². The summed E-state index contributed by atoms with van der Waals surface area (Å²) in [4.78, 5) is 22.2. The Balaban J connectivity index is 2.38. The standard InChI is InChI=1S/C9H10O3/c1-2-5-3-4-6-7(5)9(11)12-8(6)10/h5H,2-4H2,1H3. The quantitative estimate of drug-likeness (QED) is 0.434. The normalized spacial score (nSPS) is 27.9. The molecule has 1 aliphatic heterocycles. The van der Waals surface area contributed by atoms with E-state index in [2.05, 4.69) is 4.74 Å². The first-order chi connectivity index (χ1) is 5.74. The largest absolute Gasteiger partial charge is 0.386 e. The monoisotopic (exact) mass is 166 g/mol. The summed E-state index contributed by atoms with van der Waals surface area (Å²) in [5.74, 6) is -0.552. The molecule has 1 aliphatic carbocycles. The third-order valence-electron chi connectivity index (χ3n) is 2.62. The third kappa shape index (κ3) is 0.823. The fourth-order valence-electron chi connectivity index (χ4n) is 1.95. The first-order valence-corrected chi connectivity index (χ1v) is 4.23. The number of hydrogen-bond donors (Lipinski definition) is 0. The number of cyclic esters (lactones) is 2. The molecule has 64 valence electrons. The second kappa shape index (κ2) is 2.44. The van der Waals surface area contributed by atoms with Crippen LogP contribution in [0.1, 0.15) is 26.2 Å². The van der Waals surface area contributed by atoms with Gasteiger partial charge in [0.15, 0.2) is 0 Å². The number of rotatable bonds is 1. The van der Waals surface area contributed by atoms with Crippen LogP contribution in [0.3, 0.4) is 0 Å². The Hall–Kier alpha value is -1.12. The summed E-state index contributed by atoms with van der Waals surface area (Å²) in [5, 5.41) is 0. The van der Waals surface area contributed by atoms with E-state index >= 15 is 0 Å². The predicted molar refractivity (Wildman–Crippen MR) is 41.1 cm³/mol. The molecule has 0 N–H and O–H groups in total. The van der Waals surface area contributed by atoms with Crippen LogP contribution in [0, 0.1) is 5.92 Å². The lowest BCUT2D eigenvalue weighted by Gasteiger charge is -2.06. The van der Waals surface area contributed by atoms with E-state index in [0.29, 0.717) is 11.1 Å². The fourth-order valence-corrected chi connectivity index (χ4v) is 1.95. The predicted octanol–water partition coefficient (Wildman–Crippen LogP) is 1.19. The fraction of sp³-hybridized carbons (Fsp3) is 0.556. The van der Waals surface area contributed by atoms with Gasteiger partial charge in [0.1, 0.15) is 0 Å². The van der Waals surface area contributed by atoms with Gasteiger partial charge in [0.05, 0.1) is 5.57 Å². The Labute approximate surface area is 70.4 Å². The van der Waals surface area contributed by atoms with Crippen LogP contribution < -0.4 is 0 Å². The average Bonchev–Trinajstić information content (AvgIpc) is 2.55. The van der Waals surface area contributed by atoms with Gasteiger partial charge < -0.3 is 4.74 Å². The van der Waals surface area contributed by atoms with Crippen molar-refractivity contribution in [3.05, 3.63) is 11.1 Å². The number of esters is 2. The maximum absolute atomic E-state index is 11.1. The topological polar surface area (TPSA) is 43.4 Å². The molecule has 0 saturated heterocycles. The van der Waals surface area contributed by atoms with Gasteiger partial charge in [0.2, 0.25) is 0 Å². The van der Waals surface area contributed by atoms with Gasteiger partial charge in [0, 0.05) is 5.57 Å². The highest BCUT2D eigenvalue weighted by Gasteiger charge is 2.40. The minimum absolute atomic E-state index is 0.263. The maximum atomic E-state index is 11.1. The highest BCUT2D eigenvalue weighted by molar-refractivity contribution is 6.13. The molecule has 1 heterocycles. The molecule has 3 heteroatoms. The third-order valence-corrected chi connectivity index (χ3v) is 2.62. The van der Waals surface area contributed by atoms with Crippen LogP contribution in [0.15, 0.2) is 11.1 Å². The molecule has 3 nitrogen and oxygen atoms in total. The summed E-state index contributed by atoms with van der Waals surface area (Å²) < 4.78 is 4.51. The molecule has 0 amide bonds. The van der Waals surface area contributed by atoms with E-state index in [0.717, 1.165) is 19.3 Å². The van der Waals surface area contributed by atoms with E-state index < -0.39 is 11.9 Å². The molecular formula is C9H10O3. The SMILES string of the molecule is CCC1CCC2=C1C(=O)OC2=O. The molecule has 0 spiro atoms. The van der Waals surface area contributed by atoms with Crippen molar-refractivity contribution in [2.24, 2.45) is 5.92 Å². The summed E-state index contributed by atoms with van der Waals surface area (Å²) in [6.07, 6.45) is 2.57. The Kier molecular flexibility index (Phi) is 1.53. The van der Waals surface area contributed by atoms with Crippen molar-refractivity contribution >= 4 is 11.9 Å². The maximum Gasteiger partial charge on any atom is 0.342 e. The number of carbonyl (C=O) groups excluding carboxylic acids is 2. The second-order valence-electron chi connectivity index (χ2n) is 3.21. The van der Waals surface area contributed by atoms with Crippen LogP contribution in [0.2, 0.25) is 0 Å². The van der Waals surface area contributed by atoms with Gasteiger partial charge in [-0.1, -0.05) is 6.92 Å². The van der Waals surface area contributed by atoms with Gasteiger partial charge in [-0.15, -0.1) is 0 Å². The minimum atomic E-state index is -0.411. The molecule has 0 fully saturated rings. The van der Waals surface area contributed by atoms with Gasteiger partial charge in [-0.05, 0) is 25.2 Å². The summed E-state index contributed by atoms with van der Waals surface area (Å²) in [6.45, 7) is 2.02. The van der Waals surface area contributed by atoms with Crippen LogP contribution in [-0.2, 0) is 14.3 Å². The zero-order chi connectivity index (χ0) is 8.72. The molecule has 0 bridgehead atoms. The lowest BCUT2D eigenvalue weighted by atomic mass is 9.99. The van der Waals surface area contributed by atoms with Crippen LogP contribution in [0.4, 0.5) is 0 Å². The molecule has 1 unspecified atom stereocenters. The smallest absolute Gasteiger partial charge is 0.342 e. The molecule has 0 radical (unpaired) electrons. The van der Waals surface area contributed by atoms with Crippen molar-refractivity contribution in [1.82, 2.24) is 0 Å². The van der Waals surface area contributed by atoms with Crippen molar-refractivity contribution in [3.8, 4) is 0 Å². The van der Waals surface area contributed by atoms with Crippen LogP contribution >= 0.6 is 0 Å². The molecule has 0 aromatic carbocycles. The molecule has 0 saturated carbocycles. The van der Waals surface area contributed by atoms with Gasteiger partial charge in [-0.25, -0.2) is 9.59 Å². The van der Waals surface area contributed by atoms with E-state index in [9.17, 15) is 9.59 Å². The number of carbonyl (C=O) groups is 2. The van der Waals surface area contributed by atoms with Gasteiger partial charge in [-0.3, -0.25) is 0 Å². The zero-order valence-electron chi connectivity index (χ0n) is 6.92. The average molecular weight is 166 g/mol. The highest BCUT2D eigenvalue weighted by atomic mass is 16.6. The Morgan fingerprint density at radius 1 is 1.42 bits per heavy atom. The molecule has 0 aromatic rings. The van der Waals surface area contributed by atoms with Crippen LogP contribution in [-0.4, -0.2) is 11.9 Å². The van der Waals surface area contributed by atoms with Gasteiger partial charge in [0.25, 0.3) is 0 Å². The molecule has 2 rings (SSSR count). The van der Waals surface area contributed by atoms with E-state index in [1.165, 1.54) is 0 Å². The lowest BCUT2D eigenvalue weighted by molar-refractivity contribution is -0.151. The van der Waals surface area contributed by atoms with Crippen LogP contribution in [0.25, 0.3) is 0 Å². The molecule has 12 heavy (non-hydrogen) atoms. The molecule has 2 aliphatic rings. The van der Waals surface area contributed by atoms with Gasteiger partial charge >= 0.3 is 11.9 Å². The van der Waals surface area contributed by atoms with E-state index in [1.54, 1.807) is 0 Å². The highest BCUT2D eigenvalue weighted by Crippen LogP contribution is 2.38. The first-order valence-electron chi connectivity index (χ1n) is 4.23. The number of hydrogen-bond acceptors (Lipinski definition) is 3. The van der Waals surface area contributed by atoms with Crippen molar-refractivity contribution in [3.63, 3.8) is 0 Å². The van der Waals surface area contributed by atoms with E-state index in [1.807, 2.05) is 6.92 Å². The molecule has 1 atom stereocenters. The Morgan fingerprint density at radius 3 is 2.83 bits per heavy atom. The minimum Gasteiger partial charge on any atom is -0.386 e. The first kappa shape index (κ1) is 7.53. The van der Waals surface area contributed by atoms with E-state index in [4.69, 9.17) is 0 Å². The van der Waals surface area contributed by atoms with E-state index in [-0.39, 0.29) is 5.92 Å². The van der Waals surface area contributed by atoms with Crippen LogP contribution in [0.5, 0.6) is 0 Å². The number of ether oxygens (including phenoxy) is 1. The summed E-state index contributed by atoms with van der Waals surface area (Å²) in [7, 11) is 0. The van der Waals surface area contributed by atoms with Crippen molar-refractivity contribution in [1.29, 1.82) is 0 Å². The Bertz CT molecular complexity index is 288. The zero-order valence-corrected chi connectivity index (χ0v) is 6.92.